The molecule has 3 aromatic rings. The number of aryl methyl sites for hydroxylation is 1. The normalized spacial score (nSPS) is 13.2. The predicted molar refractivity (Wildman–Crippen MR) is 86.9 cm³/mol. The largest absolute Gasteiger partial charge is 0.356 e. The smallest absolute Gasteiger partial charge is 0.277 e. The fourth-order valence-corrected chi connectivity index (χ4v) is 3.20. The Kier molecular flexibility index (Phi) is 3.79. The summed E-state index contributed by atoms with van der Waals surface area (Å²) in [6.45, 7) is 0.286. The lowest BCUT2D eigenvalue weighted by molar-refractivity contribution is 0.0951. The third-order valence-corrected chi connectivity index (χ3v) is 4.39. The zero-order chi connectivity index (χ0) is 17.4. The summed E-state index contributed by atoms with van der Waals surface area (Å²) in [5, 5.41) is 13.7. The van der Waals surface area contributed by atoms with E-state index in [0.29, 0.717) is 29.5 Å². The maximum absolute atomic E-state index is 13.2. The van der Waals surface area contributed by atoms with E-state index in [4.69, 9.17) is 4.52 Å². The van der Waals surface area contributed by atoms with Crippen molar-refractivity contribution in [1.29, 1.82) is 0 Å². The van der Waals surface area contributed by atoms with E-state index in [2.05, 4.69) is 20.7 Å². The van der Waals surface area contributed by atoms with Crippen LogP contribution in [0.4, 0.5) is 4.39 Å². The van der Waals surface area contributed by atoms with E-state index in [1.807, 2.05) is 0 Å². The number of hydrogen-bond donors (Lipinski definition) is 2. The van der Waals surface area contributed by atoms with Crippen molar-refractivity contribution in [2.24, 2.45) is 0 Å². The Balaban J connectivity index is 1.48. The van der Waals surface area contributed by atoms with Gasteiger partial charge in [-0.1, -0.05) is 5.16 Å². The summed E-state index contributed by atoms with van der Waals surface area (Å²) in [5.41, 5.74) is 2.20. The molecule has 1 amide bonds. The molecule has 1 aliphatic carbocycles. The molecule has 2 aromatic heterocycles. The Bertz CT molecular complexity index is 1020. The highest BCUT2D eigenvalue weighted by Gasteiger charge is 2.23. The molecule has 0 radical (unpaired) electrons. The van der Waals surface area contributed by atoms with Crippen LogP contribution in [0.5, 0.6) is 0 Å². The van der Waals surface area contributed by atoms with Crippen LogP contribution in [0.3, 0.4) is 0 Å². The summed E-state index contributed by atoms with van der Waals surface area (Å²) in [4.78, 5) is 24.4. The molecule has 0 unspecified atom stereocenters. The van der Waals surface area contributed by atoms with E-state index >= 15 is 0 Å². The van der Waals surface area contributed by atoms with Crippen LogP contribution in [0, 0.1) is 5.82 Å². The summed E-state index contributed by atoms with van der Waals surface area (Å²) in [7, 11) is 0. The highest BCUT2D eigenvalue weighted by molar-refractivity contribution is 5.95. The van der Waals surface area contributed by atoms with Crippen molar-refractivity contribution in [2.75, 3.05) is 6.54 Å². The second-order valence-electron chi connectivity index (χ2n) is 5.98. The number of H-pyrrole nitrogens is 1. The fraction of sp³-hybridized carbons (Fsp3) is 0.294. The first-order chi connectivity index (χ1) is 12.1. The number of aromatic nitrogens is 3. The number of aromatic amines is 1. The number of nitrogens with zero attached hydrogens (tertiary/aromatic N) is 2. The predicted octanol–water partition coefficient (Wildman–Crippen LogP) is 1.51. The van der Waals surface area contributed by atoms with Crippen molar-refractivity contribution < 1.29 is 13.7 Å². The third kappa shape index (κ3) is 2.79. The Morgan fingerprint density at radius 2 is 2.24 bits per heavy atom. The minimum Gasteiger partial charge on any atom is -0.356 e. The Labute approximate surface area is 141 Å². The lowest BCUT2D eigenvalue weighted by atomic mass is 10.1. The molecule has 0 saturated carbocycles. The van der Waals surface area contributed by atoms with Gasteiger partial charge in [0.25, 0.3) is 11.5 Å². The van der Waals surface area contributed by atoms with Gasteiger partial charge in [-0.25, -0.2) is 9.49 Å². The van der Waals surface area contributed by atoms with Gasteiger partial charge in [0.05, 0.1) is 11.4 Å². The van der Waals surface area contributed by atoms with Gasteiger partial charge < -0.3 is 9.84 Å². The van der Waals surface area contributed by atoms with Crippen LogP contribution in [-0.2, 0) is 19.3 Å². The first-order valence-electron chi connectivity index (χ1n) is 8.06. The molecule has 1 aliphatic rings. The average Bonchev–Trinajstić information content (AvgIpc) is 3.21. The van der Waals surface area contributed by atoms with Crippen LogP contribution in [0.15, 0.2) is 27.5 Å². The first-order valence-corrected chi connectivity index (χ1v) is 8.06. The minimum atomic E-state index is -0.472. The maximum atomic E-state index is 13.2. The number of nitrogens with one attached hydrogen (secondary N) is 2. The molecule has 4 rings (SSSR count). The number of halogens is 1. The van der Waals surface area contributed by atoms with Crippen LogP contribution in [-0.4, -0.2) is 27.8 Å². The van der Waals surface area contributed by atoms with Gasteiger partial charge in [0.2, 0.25) is 0 Å². The van der Waals surface area contributed by atoms with Gasteiger partial charge in [0.15, 0.2) is 5.58 Å². The van der Waals surface area contributed by atoms with E-state index in [9.17, 15) is 14.0 Å². The first kappa shape index (κ1) is 15.5. The van der Waals surface area contributed by atoms with Gasteiger partial charge in [-0.05, 0) is 37.0 Å². The number of carbonyl (C=O) groups excluding carboxylic acids is 1. The molecule has 25 heavy (non-hydrogen) atoms. The van der Waals surface area contributed by atoms with Crippen molar-refractivity contribution in [2.45, 2.75) is 25.7 Å². The SMILES string of the molecule is O=C(NCCc1noc2cc(F)ccc12)c1c2c(n[nH]c1=O)CCC2. The number of amides is 1. The molecule has 0 saturated heterocycles. The van der Waals surface area contributed by atoms with Gasteiger partial charge in [-0.15, -0.1) is 0 Å². The van der Waals surface area contributed by atoms with Gasteiger partial charge in [-0.3, -0.25) is 9.59 Å². The molecule has 128 valence electrons. The molecule has 2 heterocycles. The van der Waals surface area contributed by atoms with E-state index < -0.39 is 17.3 Å². The fourth-order valence-electron chi connectivity index (χ4n) is 3.20. The van der Waals surface area contributed by atoms with Crippen LogP contribution in [0.1, 0.15) is 33.7 Å². The molecular weight excluding hydrogens is 327 g/mol. The van der Waals surface area contributed by atoms with Crippen LogP contribution in [0.25, 0.3) is 11.0 Å². The number of carbonyl (C=O) groups is 1. The van der Waals surface area contributed by atoms with Crippen LogP contribution >= 0.6 is 0 Å². The summed E-state index contributed by atoms with van der Waals surface area (Å²) < 4.78 is 18.2. The van der Waals surface area contributed by atoms with Crippen LogP contribution in [0.2, 0.25) is 0 Å². The van der Waals surface area contributed by atoms with Gasteiger partial charge in [0.1, 0.15) is 11.4 Å². The van der Waals surface area contributed by atoms with Crippen LogP contribution < -0.4 is 10.9 Å². The second kappa shape index (κ2) is 6.12. The van der Waals surface area contributed by atoms with E-state index in [-0.39, 0.29) is 12.1 Å². The molecular formula is C17H15FN4O3. The number of hydrogen-bond acceptors (Lipinski definition) is 5. The Morgan fingerprint density at radius 3 is 3.12 bits per heavy atom. The zero-order valence-electron chi connectivity index (χ0n) is 13.3. The zero-order valence-corrected chi connectivity index (χ0v) is 13.3. The van der Waals surface area contributed by atoms with Crippen molar-refractivity contribution in [3.63, 3.8) is 0 Å². The van der Waals surface area contributed by atoms with Crippen molar-refractivity contribution in [1.82, 2.24) is 20.7 Å². The number of benzene rings is 1. The molecule has 2 N–H and O–H groups in total. The molecule has 7 nitrogen and oxygen atoms in total. The van der Waals surface area contributed by atoms with E-state index in [0.717, 1.165) is 24.1 Å². The summed E-state index contributed by atoms with van der Waals surface area (Å²) in [6.07, 6.45) is 2.76. The summed E-state index contributed by atoms with van der Waals surface area (Å²) in [6, 6.07) is 4.20. The molecule has 0 spiro atoms. The van der Waals surface area contributed by atoms with Crippen molar-refractivity contribution in [3.8, 4) is 0 Å². The van der Waals surface area contributed by atoms with E-state index in [1.165, 1.54) is 12.1 Å². The highest BCUT2D eigenvalue weighted by atomic mass is 19.1. The quantitative estimate of drug-likeness (QED) is 0.748. The van der Waals surface area contributed by atoms with Gasteiger partial charge in [-0.2, -0.15) is 5.10 Å². The van der Waals surface area contributed by atoms with Gasteiger partial charge in [0, 0.05) is 24.4 Å². The lowest BCUT2D eigenvalue weighted by Crippen LogP contribution is -2.33. The molecule has 0 atom stereocenters. The number of rotatable bonds is 4. The second-order valence-corrected chi connectivity index (χ2v) is 5.98. The Hall–Kier alpha value is -3.03. The standard InChI is InChI=1S/C17H15FN4O3/c18-9-4-5-10-13(22-25-14(10)8-9)6-7-19-16(23)15-11-2-1-3-12(11)20-21-17(15)24/h4-5,8H,1-3,6-7H2,(H,19,23)(H,21,24). The molecule has 1 aromatic carbocycles. The topological polar surface area (TPSA) is 101 Å². The number of fused-ring (bicyclic) bond motifs is 2. The minimum absolute atomic E-state index is 0.148. The average molecular weight is 342 g/mol. The van der Waals surface area contributed by atoms with Crippen molar-refractivity contribution in [3.05, 3.63) is 56.9 Å². The van der Waals surface area contributed by atoms with Gasteiger partial charge >= 0.3 is 0 Å². The highest BCUT2D eigenvalue weighted by Crippen LogP contribution is 2.21. The van der Waals surface area contributed by atoms with Crippen molar-refractivity contribution >= 4 is 16.9 Å². The van der Waals surface area contributed by atoms with E-state index in [1.54, 1.807) is 6.07 Å². The monoisotopic (exact) mass is 342 g/mol. The Morgan fingerprint density at radius 1 is 1.36 bits per heavy atom. The molecule has 0 fully saturated rings. The summed E-state index contributed by atoms with van der Waals surface area (Å²) >= 11 is 0. The third-order valence-electron chi connectivity index (χ3n) is 4.39. The molecule has 8 heteroatoms. The molecule has 0 bridgehead atoms. The maximum Gasteiger partial charge on any atom is 0.277 e. The molecule has 0 aliphatic heterocycles. The lowest BCUT2D eigenvalue weighted by Gasteiger charge is -2.07. The summed E-state index contributed by atoms with van der Waals surface area (Å²) in [5.74, 6) is -0.810.